The van der Waals surface area contributed by atoms with Crippen LogP contribution >= 0.6 is 11.6 Å². The molecule has 2 aliphatic rings. The van der Waals surface area contributed by atoms with E-state index in [1.807, 2.05) is 0 Å². The molecule has 0 amide bonds. The van der Waals surface area contributed by atoms with E-state index in [0.29, 0.717) is 22.9 Å². The first-order valence-corrected chi connectivity index (χ1v) is 7.72. The van der Waals surface area contributed by atoms with Gasteiger partial charge in [-0.25, -0.2) is 0 Å². The van der Waals surface area contributed by atoms with E-state index in [1.165, 1.54) is 0 Å². The number of carbonyl (C=O) groups is 1. The van der Waals surface area contributed by atoms with Crippen molar-refractivity contribution in [2.75, 3.05) is 19.8 Å². The van der Waals surface area contributed by atoms with Crippen LogP contribution in [0.3, 0.4) is 0 Å². The third kappa shape index (κ3) is 3.23. The molecule has 0 bridgehead atoms. The molecule has 2 fully saturated rings. The molecule has 1 aromatic rings. The number of carbonyl (C=O) groups excluding carboxylic acids is 1. The second kappa shape index (κ2) is 6.34. The Bertz CT molecular complexity index is 505. The molecule has 1 unspecified atom stereocenters. The lowest BCUT2D eigenvalue weighted by Crippen LogP contribution is -2.47. The Morgan fingerprint density at radius 3 is 2.86 bits per heavy atom. The van der Waals surface area contributed by atoms with Crippen molar-refractivity contribution in [1.82, 2.24) is 0 Å². The fraction of sp³-hybridized carbons (Fsp3) is 0.562. The van der Waals surface area contributed by atoms with E-state index in [2.05, 4.69) is 0 Å². The standard InChI is InChI=1S/C16H19ClO4/c17-14-3-1-2-12(11-18)15(14)21-13-4-7-20-16(10-13)5-8-19-9-6-16/h1-3,11,13H,4-10H2. The average molecular weight is 311 g/mol. The van der Waals surface area contributed by atoms with Crippen molar-refractivity contribution in [3.8, 4) is 5.75 Å². The maximum absolute atomic E-state index is 11.1. The number of rotatable bonds is 3. The normalized spacial score (nSPS) is 24.7. The van der Waals surface area contributed by atoms with Gasteiger partial charge in [0.05, 0.1) is 22.8 Å². The quantitative estimate of drug-likeness (QED) is 0.804. The summed E-state index contributed by atoms with van der Waals surface area (Å²) in [5.74, 6) is 0.489. The van der Waals surface area contributed by atoms with Gasteiger partial charge in [-0.1, -0.05) is 17.7 Å². The van der Waals surface area contributed by atoms with Gasteiger partial charge >= 0.3 is 0 Å². The SMILES string of the molecule is O=Cc1cccc(Cl)c1OC1CCOC2(CCOCC2)C1. The van der Waals surface area contributed by atoms with Crippen LogP contribution in [0.25, 0.3) is 0 Å². The van der Waals surface area contributed by atoms with Gasteiger partial charge in [0.15, 0.2) is 6.29 Å². The van der Waals surface area contributed by atoms with E-state index in [0.717, 1.165) is 45.2 Å². The van der Waals surface area contributed by atoms with E-state index >= 15 is 0 Å². The summed E-state index contributed by atoms with van der Waals surface area (Å²) in [7, 11) is 0. The van der Waals surface area contributed by atoms with E-state index in [-0.39, 0.29) is 11.7 Å². The van der Waals surface area contributed by atoms with Crippen LogP contribution in [0.5, 0.6) is 5.75 Å². The maximum Gasteiger partial charge on any atom is 0.153 e. The summed E-state index contributed by atoms with van der Waals surface area (Å²) in [6.07, 6.45) is 4.23. The molecule has 3 rings (SSSR count). The zero-order valence-corrected chi connectivity index (χ0v) is 12.6. The molecular weight excluding hydrogens is 292 g/mol. The molecule has 1 spiro atoms. The third-order valence-corrected chi connectivity index (χ3v) is 4.56. The van der Waals surface area contributed by atoms with Crippen LogP contribution in [0.4, 0.5) is 0 Å². The molecule has 5 heteroatoms. The minimum absolute atomic E-state index is 0.0236. The highest BCUT2D eigenvalue weighted by molar-refractivity contribution is 6.32. The summed E-state index contributed by atoms with van der Waals surface area (Å²) in [6.45, 7) is 2.14. The Hall–Kier alpha value is -1.10. The molecule has 0 N–H and O–H groups in total. The Morgan fingerprint density at radius 2 is 2.10 bits per heavy atom. The Kier molecular flexibility index (Phi) is 4.48. The lowest BCUT2D eigenvalue weighted by atomic mass is 9.85. The van der Waals surface area contributed by atoms with Crippen LogP contribution in [0.15, 0.2) is 18.2 Å². The first-order valence-electron chi connectivity index (χ1n) is 7.34. The summed E-state index contributed by atoms with van der Waals surface area (Å²) < 4.78 is 17.5. The van der Waals surface area contributed by atoms with E-state index in [9.17, 15) is 4.79 Å². The predicted molar refractivity (Wildman–Crippen MR) is 79.2 cm³/mol. The number of hydrogen-bond acceptors (Lipinski definition) is 4. The Morgan fingerprint density at radius 1 is 1.29 bits per heavy atom. The monoisotopic (exact) mass is 310 g/mol. The van der Waals surface area contributed by atoms with Gasteiger partial charge in [-0.05, 0) is 25.0 Å². The van der Waals surface area contributed by atoms with Crippen LogP contribution in [0, 0.1) is 0 Å². The van der Waals surface area contributed by atoms with Crippen molar-refractivity contribution >= 4 is 17.9 Å². The Labute approximate surface area is 129 Å². The second-order valence-electron chi connectivity index (χ2n) is 5.65. The van der Waals surface area contributed by atoms with Gasteiger partial charge in [-0.15, -0.1) is 0 Å². The lowest BCUT2D eigenvalue weighted by Gasteiger charge is -2.43. The van der Waals surface area contributed by atoms with Crippen LogP contribution < -0.4 is 4.74 Å². The highest BCUT2D eigenvalue weighted by Gasteiger charge is 2.40. The molecule has 0 saturated carbocycles. The molecule has 114 valence electrons. The van der Waals surface area contributed by atoms with Gasteiger partial charge in [0.25, 0.3) is 0 Å². The number of ether oxygens (including phenoxy) is 3. The molecular formula is C16H19ClO4. The molecule has 4 nitrogen and oxygen atoms in total. The van der Waals surface area contributed by atoms with Gasteiger partial charge in [0.1, 0.15) is 11.9 Å². The topological polar surface area (TPSA) is 44.8 Å². The van der Waals surface area contributed by atoms with Crippen LogP contribution in [-0.4, -0.2) is 37.8 Å². The summed E-state index contributed by atoms with van der Waals surface area (Å²) in [5, 5.41) is 0.479. The maximum atomic E-state index is 11.1. The number of halogens is 1. The van der Waals surface area contributed by atoms with E-state index in [4.69, 9.17) is 25.8 Å². The van der Waals surface area contributed by atoms with Gasteiger partial charge in [0.2, 0.25) is 0 Å². The first kappa shape index (κ1) is 14.8. The minimum Gasteiger partial charge on any atom is -0.488 e. The summed E-state index contributed by atoms with van der Waals surface area (Å²) in [6, 6.07) is 5.22. The van der Waals surface area contributed by atoms with Crippen molar-refractivity contribution in [2.45, 2.75) is 37.4 Å². The summed E-state index contributed by atoms with van der Waals surface area (Å²) >= 11 is 6.17. The van der Waals surface area contributed by atoms with E-state index < -0.39 is 0 Å². The highest BCUT2D eigenvalue weighted by Crippen LogP contribution is 2.37. The number of para-hydroxylation sites is 1. The largest absolute Gasteiger partial charge is 0.488 e. The minimum atomic E-state index is -0.135. The molecule has 2 aliphatic heterocycles. The summed E-state index contributed by atoms with van der Waals surface area (Å²) in [4.78, 5) is 11.1. The fourth-order valence-electron chi connectivity index (χ4n) is 3.08. The van der Waals surface area contributed by atoms with Crippen molar-refractivity contribution in [3.05, 3.63) is 28.8 Å². The number of aldehydes is 1. The third-order valence-electron chi connectivity index (χ3n) is 4.26. The molecule has 1 atom stereocenters. The first-order chi connectivity index (χ1) is 10.2. The smallest absolute Gasteiger partial charge is 0.153 e. The van der Waals surface area contributed by atoms with Crippen LogP contribution in [-0.2, 0) is 9.47 Å². The molecule has 2 saturated heterocycles. The number of benzene rings is 1. The lowest BCUT2D eigenvalue weighted by molar-refractivity contribution is -0.155. The van der Waals surface area contributed by atoms with E-state index in [1.54, 1.807) is 18.2 Å². The van der Waals surface area contributed by atoms with Gasteiger partial charge in [-0.3, -0.25) is 4.79 Å². The van der Waals surface area contributed by atoms with Gasteiger partial charge < -0.3 is 14.2 Å². The molecule has 2 heterocycles. The summed E-state index contributed by atoms with van der Waals surface area (Å²) in [5.41, 5.74) is 0.360. The van der Waals surface area contributed by atoms with Gasteiger partial charge in [0, 0.05) is 26.1 Å². The number of hydrogen-bond donors (Lipinski definition) is 0. The second-order valence-corrected chi connectivity index (χ2v) is 6.06. The van der Waals surface area contributed by atoms with Crippen molar-refractivity contribution in [2.24, 2.45) is 0 Å². The zero-order chi connectivity index (χ0) is 14.7. The van der Waals surface area contributed by atoms with Crippen LogP contribution in [0.1, 0.15) is 36.0 Å². The van der Waals surface area contributed by atoms with Crippen LogP contribution in [0.2, 0.25) is 5.02 Å². The van der Waals surface area contributed by atoms with Crippen molar-refractivity contribution < 1.29 is 19.0 Å². The Balaban J connectivity index is 1.74. The van der Waals surface area contributed by atoms with Gasteiger partial charge in [-0.2, -0.15) is 0 Å². The molecule has 0 aliphatic carbocycles. The molecule has 21 heavy (non-hydrogen) atoms. The zero-order valence-electron chi connectivity index (χ0n) is 11.8. The van der Waals surface area contributed by atoms with Crippen molar-refractivity contribution in [1.29, 1.82) is 0 Å². The van der Waals surface area contributed by atoms with Crippen molar-refractivity contribution in [3.63, 3.8) is 0 Å². The average Bonchev–Trinajstić information content (AvgIpc) is 2.50. The highest BCUT2D eigenvalue weighted by atomic mass is 35.5. The predicted octanol–water partition coefficient (Wildman–Crippen LogP) is 3.26. The molecule has 1 aromatic carbocycles. The molecule has 0 aromatic heterocycles. The fourth-order valence-corrected chi connectivity index (χ4v) is 3.31. The molecule has 0 radical (unpaired) electrons.